The molecule has 1 aliphatic rings. The third-order valence-electron chi connectivity index (χ3n) is 4.73. The van der Waals surface area contributed by atoms with Gasteiger partial charge in [0.2, 0.25) is 11.8 Å². The zero-order valence-corrected chi connectivity index (χ0v) is 14.9. The zero-order chi connectivity index (χ0) is 18.0. The van der Waals surface area contributed by atoms with Crippen LogP contribution in [0.5, 0.6) is 0 Å². The fraction of sp³-hybridized carbons (Fsp3) is 0.529. The minimum Gasteiger partial charge on any atom is -0.347 e. The fourth-order valence-electron chi connectivity index (χ4n) is 3.50. The molecule has 3 rings (SSSR count). The van der Waals surface area contributed by atoms with Crippen molar-refractivity contribution < 1.29 is 9.59 Å². The number of likely N-dealkylation sites (N-methyl/N-ethyl adjacent to an activating group) is 1. The maximum Gasteiger partial charge on any atom is 0.250 e. The largest absolute Gasteiger partial charge is 0.347 e. The Morgan fingerprint density at radius 3 is 2.72 bits per heavy atom. The molecular formula is C17H24N6O2. The van der Waals surface area contributed by atoms with Crippen molar-refractivity contribution in [1.29, 1.82) is 0 Å². The van der Waals surface area contributed by atoms with Crippen LogP contribution in [0.1, 0.15) is 18.5 Å². The Morgan fingerprint density at radius 1 is 1.32 bits per heavy atom. The van der Waals surface area contributed by atoms with Gasteiger partial charge in [-0.05, 0) is 18.9 Å². The van der Waals surface area contributed by atoms with E-state index in [4.69, 9.17) is 0 Å². The highest BCUT2D eigenvalue weighted by Gasteiger charge is 2.45. The van der Waals surface area contributed by atoms with Crippen LogP contribution in [0.3, 0.4) is 0 Å². The number of imidazole rings is 1. The Morgan fingerprint density at radius 2 is 2.12 bits per heavy atom. The van der Waals surface area contributed by atoms with E-state index in [0.29, 0.717) is 19.5 Å². The first-order valence-corrected chi connectivity index (χ1v) is 8.39. The van der Waals surface area contributed by atoms with Crippen molar-refractivity contribution in [2.75, 3.05) is 27.2 Å². The number of amides is 2. The molecule has 1 atom stereocenters. The number of nitrogens with zero attached hydrogens (tertiary/aromatic N) is 6. The van der Waals surface area contributed by atoms with Crippen LogP contribution in [-0.2, 0) is 28.6 Å². The molecule has 25 heavy (non-hydrogen) atoms. The van der Waals surface area contributed by atoms with Gasteiger partial charge in [0, 0.05) is 46.3 Å². The molecule has 0 aliphatic carbocycles. The highest BCUT2D eigenvalue weighted by atomic mass is 16.2. The number of rotatable bonds is 4. The topological polar surface area (TPSA) is 76.3 Å². The number of likely N-dealkylation sites (tertiary alicyclic amines) is 1. The molecular weight excluding hydrogens is 320 g/mol. The monoisotopic (exact) mass is 344 g/mol. The Kier molecular flexibility index (Phi) is 4.61. The predicted octanol–water partition coefficient (Wildman–Crippen LogP) is 0.265. The molecule has 2 aromatic rings. The summed E-state index contributed by atoms with van der Waals surface area (Å²) in [6.45, 7) is 1.01. The fourth-order valence-corrected chi connectivity index (χ4v) is 3.50. The van der Waals surface area contributed by atoms with Gasteiger partial charge < -0.3 is 14.4 Å². The van der Waals surface area contributed by atoms with E-state index in [9.17, 15) is 9.59 Å². The number of hydrogen-bond donors (Lipinski definition) is 0. The van der Waals surface area contributed by atoms with Crippen LogP contribution in [0.15, 0.2) is 31.0 Å². The maximum absolute atomic E-state index is 13.0. The Labute approximate surface area is 147 Å². The van der Waals surface area contributed by atoms with Crippen molar-refractivity contribution in [1.82, 2.24) is 29.1 Å². The summed E-state index contributed by atoms with van der Waals surface area (Å²) in [6.07, 6.45) is 8.65. The number of piperidine rings is 1. The SMILES string of the molecule is CN(C)C(=O)C1(n2ccnc2)CCCN(C(=O)Cc2ccn(C)n2)C1. The van der Waals surface area contributed by atoms with E-state index in [1.807, 2.05) is 23.9 Å². The predicted molar refractivity (Wildman–Crippen MR) is 91.6 cm³/mol. The zero-order valence-electron chi connectivity index (χ0n) is 14.9. The smallest absolute Gasteiger partial charge is 0.250 e. The number of carbonyl (C=O) groups excluding carboxylic acids is 2. The summed E-state index contributed by atoms with van der Waals surface area (Å²) < 4.78 is 3.53. The van der Waals surface area contributed by atoms with Crippen LogP contribution in [-0.4, -0.2) is 68.1 Å². The van der Waals surface area contributed by atoms with Crippen LogP contribution in [0, 0.1) is 0 Å². The van der Waals surface area contributed by atoms with Gasteiger partial charge in [-0.25, -0.2) is 4.98 Å². The van der Waals surface area contributed by atoms with Gasteiger partial charge in [0.15, 0.2) is 0 Å². The van der Waals surface area contributed by atoms with Crippen LogP contribution >= 0.6 is 0 Å². The second-order valence-corrected chi connectivity index (χ2v) is 6.78. The Balaban J connectivity index is 1.83. The first-order chi connectivity index (χ1) is 11.9. The van der Waals surface area contributed by atoms with Crippen LogP contribution in [0.25, 0.3) is 0 Å². The Bertz CT molecular complexity index is 751. The molecule has 3 heterocycles. The summed E-state index contributed by atoms with van der Waals surface area (Å²) in [5, 5.41) is 4.27. The molecule has 0 N–H and O–H groups in total. The first-order valence-electron chi connectivity index (χ1n) is 8.39. The minimum absolute atomic E-state index is 0.00514. The summed E-state index contributed by atoms with van der Waals surface area (Å²) >= 11 is 0. The van der Waals surface area contributed by atoms with Crippen LogP contribution in [0.2, 0.25) is 0 Å². The lowest BCUT2D eigenvalue weighted by molar-refractivity contribution is -0.145. The van der Waals surface area contributed by atoms with Gasteiger partial charge in [-0.15, -0.1) is 0 Å². The molecule has 8 nitrogen and oxygen atoms in total. The standard InChI is InChI=1S/C17H24N6O2/c1-20(2)16(25)17(23-10-7-18-13-23)6-4-8-22(12-17)15(24)11-14-5-9-21(3)19-14/h5,7,9-10,13H,4,6,8,11-12H2,1-3H3. The van der Waals surface area contributed by atoms with Gasteiger partial charge in [-0.2, -0.15) is 5.10 Å². The number of aromatic nitrogens is 4. The lowest BCUT2D eigenvalue weighted by Gasteiger charge is -2.43. The second kappa shape index (κ2) is 6.70. The average Bonchev–Trinajstić information content (AvgIpc) is 3.26. The van der Waals surface area contributed by atoms with E-state index in [2.05, 4.69) is 10.1 Å². The minimum atomic E-state index is -0.794. The summed E-state index contributed by atoms with van der Waals surface area (Å²) in [4.78, 5) is 33.2. The number of carbonyl (C=O) groups is 2. The van der Waals surface area contributed by atoms with E-state index >= 15 is 0 Å². The highest BCUT2D eigenvalue weighted by molar-refractivity contribution is 5.86. The van der Waals surface area contributed by atoms with Gasteiger partial charge in [-0.1, -0.05) is 0 Å². The van der Waals surface area contributed by atoms with E-state index in [0.717, 1.165) is 12.1 Å². The van der Waals surface area contributed by atoms with Crippen molar-refractivity contribution in [3.05, 3.63) is 36.7 Å². The highest BCUT2D eigenvalue weighted by Crippen LogP contribution is 2.31. The first kappa shape index (κ1) is 17.2. The van der Waals surface area contributed by atoms with E-state index in [1.54, 1.807) is 47.3 Å². The maximum atomic E-state index is 13.0. The molecule has 0 aromatic carbocycles. The summed E-state index contributed by atoms with van der Waals surface area (Å²) in [5.41, 5.74) is -0.0527. The Hall–Kier alpha value is -2.64. The molecule has 8 heteroatoms. The van der Waals surface area contributed by atoms with Crippen molar-refractivity contribution in [3.8, 4) is 0 Å². The van der Waals surface area contributed by atoms with Crippen molar-refractivity contribution in [3.63, 3.8) is 0 Å². The lowest BCUT2D eigenvalue weighted by atomic mass is 9.87. The molecule has 0 spiro atoms. The third kappa shape index (κ3) is 3.29. The molecule has 1 saturated heterocycles. The molecule has 1 fully saturated rings. The molecule has 134 valence electrons. The molecule has 0 bridgehead atoms. The quantitative estimate of drug-likeness (QED) is 0.797. The van der Waals surface area contributed by atoms with Crippen molar-refractivity contribution in [2.45, 2.75) is 24.8 Å². The van der Waals surface area contributed by atoms with Gasteiger partial charge in [0.05, 0.1) is 25.0 Å². The van der Waals surface area contributed by atoms with Gasteiger partial charge in [-0.3, -0.25) is 14.3 Å². The molecule has 1 aliphatic heterocycles. The molecule has 0 radical (unpaired) electrons. The molecule has 0 saturated carbocycles. The summed E-state index contributed by atoms with van der Waals surface area (Å²) in [5.74, 6) is -0.0183. The normalized spacial score (nSPS) is 20.5. The van der Waals surface area contributed by atoms with E-state index in [-0.39, 0.29) is 18.2 Å². The van der Waals surface area contributed by atoms with Gasteiger partial charge in [0.25, 0.3) is 0 Å². The summed E-state index contributed by atoms with van der Waals surface area (Å²) in [7, 11) is 5.32. The van der Waals surface area contributed by atoms with Crippen molar-refractivity contribution >= 4 is 11.8 Å². The molecule has 1 unspecified atom stereocenters. The lowest BCUT2D eigenvalue weighted by Crippen LogP contribution is -2.58. The molecule has 2 amide bonds. The third-order valence-corrected chi connectivity index (χ3v) is 4.73. The van der Waals surface area contributed by atoms with E-state index < -0.39 is 5.54 Å². The van der Waals surface area contributed by atoms with Gasteiger partial charge in [0.1, 0.15) is 5.54 Å². The summed E-state index contributed by atoms with van der Waals surface area (Å²) in [6, 6.07) is 1.84. The van der Waals surface area contributed by atoms with E-state index in [1.165, 1.54) is 0 Å². The van der Waals surface area contributed by atoms with Gasteiger partial charge >= 0.3 is 0 Å². The second-order valence-electron chi connectivity index (χ2n) is 6.78. The van der Waals surface area contributed by atoms with Crippen molar-refractivity contribution in [2.24, 2.45) is 7.05 Å². The molecule has 2 aromatic heterocycles. The average molecular weight is 344 g/mol. The van der Waals surface area contributed by atoms with Crippen LogP contribution < -0.4 is 0 Å². The number of aryl methyl sites for hydroxylation is 1. The number of hydrogen-bond acceptors (Lipinski definition) is 4. The van der Waals surface area contributed by atoms with Crippen LogP contribution in [0.4, 0.5) is 0 Å².